The molecule has 6 heteroatoms. The van der Waals surface area contributed by atoms with Crippen molar-refractivity contribution in [2.45, 2.75) is 25.5 Å². The first-order chi connectivity index (χ1) is 5.80. The third-order valence-corrected chi connectivity index (χ3v) is 10.5. The number of esters is 1. The van der Waals surface area contributed by atoms with Crippen molar-refractivity contribution in [3.05, 3.63) is 0 Å². The van der Waals surface area contributed by atoms with Crippen LogP contribution in [0.5, 0.6) is 0 Å². The number of ether oxygens (including phenoxy) is 1. The molecule has 0 aliphatic heterocycles. The van der Waals surface area contributed by atoms with Gasteiger partial charge in [-0.1, -0.05) is 0 Å². The molecule has 2 nitrogen and oxygen atoms in total. The van der Waals surface area contributed by atoms with E-state index in [4.69, 9.17) is 34.8 Å². The van der Waals surface area contributed by atoms with Gasteiger partial charge in [0.2, 0.25) is 0 Å². The van der Waals surface area contributed by atoms with Crippen LogP contribution in [0.15, 0.2) is 0 Å². The van der Waals surface area contributed by atoms with E-state index in [1.807, 2.05) is 0 Å². The Bertz CT molecular complexity index is 181. The van der Waals surface area contributed by atoms with E-state index in [1.54, 1.807) is 20.8 Å². The van der Waals surface area contributed by atoms with E-state index in [9.17, 15) is 4.79 Å². The van der Waals surface area contributed by atoms with Gasteiger partial charge in [0, 0.05) is 0 Å². The molecule has 0 aromatic heterocycles. The van der Waals surface area contributed by atoms with Gasteiger partial charge in [-0.25, -0.2) is 0 Å². The van der Waals surface area contributed by atoms with Crippen LogP contribution in [-0.4, -0.2) is 23.1 Å². The van der Waals surface area contributed by atoms with Crippen molar-refractivity contribution < 1.29 is 9.53 Å². The average molecular weight is 308 g/mol. The zero-order chi connectivity index (χ0) is 10.6. The molecule has 0 bridgehead atoms. The van der Waals surface area contributed by atoms with E-state index in [2.05, 4.69) is 0 Å². The second-order valence-electron chi connectivity index (χ2n) is 2.87. The van der Waals surface area contributed by atoms with Crippen LogP contribution < -0.4 is 0 Å². The predicted octanol–water partition coefficient (Wildman–Crippen LogP) is 3.23. The molecule has 0 aromatic rings. The fourth-order valence-electron chi connectivity index (χ4n) is 0.761. The van der Waals surface area contributed by atoms with Gasteiger partial charge in [0.1, 0.15) is 0 Å². The summed E-state index contributed by atoms with van der Waals surface area (Å²) in [7, 11) is 14.2. The van der Waals surface area contributed by atoms with Crippen molar-refractivity contribution in [2.24, 2.45) is 5.92 Å². The molecule has 0 saturated carbocycles. The number of carbonyl (C=O) groups is 1. The van der Waals surface area contributed by atoms with Crippen molar-refractivity contribution in [2.75, 3.05) is 6.61 Å². The monoisotopic (exact) mass is 308 g/mol. The quantitative estimate of drug-likeness (QED) is 0.589. The molecular formula is C7H13Cl3GeO2. The molecule has 0 aromatic carbocycles. The number of hydrogen-bond acceptors (Lipinski definition) is 2. The third kappa shape index (κ3) is 4.77. The summed E-state index contributed by atoms with van der Waals surface area (Å²) in [6, 6.07) is 0. The van der Waals surface area contributed by atoms with Crippen LogP contribution in [0.25, 0.3) is 0 Å². The third-order valence-electron chi connectivity index (χ3n) is 1.92. The van der Waals surface area contributed by atoms with E-state index < -0.39 is 10.5 Å². The fourth-order valence-corrected chi connectivity index (χ4v) is 5.18. The molecule has 78 valence electrons. The Morgan fingerprint density at radius 1 is 1.38 bits per heavy atom. The molecule has 0 spiro atoms. The van der Waals surface area contributed by atoms with Gasteiger partial charge < -0.3 is 0 Å². The number of hydrogen-bond donors (Lipinski definition) is 0. The minimum absolute atomic E-state index is 0.177. The molecule has 0 radical (unpaired) electrons. The van der Waals surface area contributed by atoms with E-state index in [0.29, 0.717) is 6.61 Å². The molecule has 0 amide bonds. The molecular weight excluding hydrogens is 295 g/mol. The first kappa shape index (κ1) is 13.9. The van der Waals surface area contributed by atoms with E-state index in [-0.39, 0.29) is 16.6 Å². The van der Waals surface area contributed by atoms with E-state index in [1.165, 1.54) is 0 Å². The van der Waals surface area contributed by atoms with Gasteiger partial charge in [-0.15, -0.1) is 0 Å². The van der Waals surface area contributed by atoms with Crippen molar-refractivity contribution in [1.82, 2.24) is 0 Å². The van der Waals surface area contributed by atoms with Gasteiger partial charge in [0.25, 0.3) is 0 Å². The molecule has 13 heavy (non-hydrogen) atoms. The maximum atomic E-state index is 11.3. The Labute approximate surface area is 93.8 Å². The zero-order valence-corrected chi connectivity index (χ0v) is 12.2. The van der Waals surface area contributed by atoms with Crippen molar-refractivity contribution in [3.8, 4) is 0 Å². The van der Waals surface area contributed by atoms with Crippen molar-refractivity contribution in [1.29, 1.82) is 0 Å². The SMILES string of the molecule is CCOC(=O)C(C)[CH](C)[Ge]([Cl])([Cl])[Cl]. The maximum absolute atomic E-state index is 11.3. The van der Waals surface area contributed by atoms with Crippen molar-refractivity contribution >= 4 is 46.5 Å². The molecule has 2 unspecified atom stereocenters. The summed E-state index contributed by atoms with van der Waals surface area (Å²) < 4.78 is 4.66. The van der Waals surface area contributed by atoms with Crippen LogP contribution >= 0.6 is 30.0 Å². The summed E-state index contributed by atoms with van der Waals surface area (Å²) in [5, 5.41) is 0. The Morgan fingerprint density at radius 3 is 2.15 bits per heavy atom. The Morgan fingerprint density at radius 2 is 1.85 bits per heavy atom. The number of halogens is 3. The Kier molecular flexibility index (Phi) is 6.07. The average Bonchev–Trinajstić information content (AvgIpc) is 2.00. The van der Waals surface area contributed by atoms with Crippen LogP contribution in [0.4, 0.5) is 0 Å². The van der Waals surface area contributed by atoms with Crippen molar-refractivity contribution in [3.63, 3.8) is 0 Å². The normalized spacial score (nSPS) is 16.5. The fraction of sp³-hybridized carbons (Fsp3) is 0.857. The molecule has 0 N–H and O–H groups in total. The second kappa shape index (κ2) is 5.69. The van der Waals surface area contributed by atoms with E-state index in [0.717, 1.165) is 0 Å². The first-order valence-electron chi connectivity index (χ1n) is 4.04. The van der Waals surface area contributed by atoms with Gasteiger partial charge in [0.05, 0.1) is 0 Å². The second-order valence-corrected chi connectivity index (χ2v) is 19.4. The number of carbonyl (C=O) groups excluding carboxylic acids is 1. The van der Waals surface area contributed by atoms with Gasteiger partial charge in [-0.05, 0) is 0 Å². The van der Waals surface area contributed by atoms with Gasteiger partial charge >= 0.3 is 94.1 Å². The summed E-state index contributed by atoms with van der Waals surface area (Å²) in [5.41, 5.74) is 0. The summed E-state index contributed by atoms with van der Waals surface area (Å²) in [5.74, 6) is -0.612. The molecule has 0 heterocycles. The summed E-state index contributed by atoms with van der Waals surface area (Å²) in [6.45, 7) is 5.64. The Hall–Kier alpha value is 0.883. The predicted molar refractivity (Wildman–Crippen MR) is 58.5 cm³/mol. The minimum atomic E-state index is -3.28. The Balaban J connectivity index is 4.25. The van der Waals surface area contributed by atoms with E-state index >= 15 is 0 Å². The topological polar surface area (TPSA) is 26.3 Å². The zero-order valence-electron chi connectivity index (χ0n) is 7.81. The number of rotatable bonds is 4. The molecule has 0 aliphatic carbocycles. The molecule has 0 rings (SSSR count). The molecule has 0 saturated heterocycles. The van der Waals surface area contributed by atoms with Gasteiger partial charge in [-0.3, -0.25) is 0 Å². The molecule has 0 fully saturated rings. The van der Waals surface area contributed by atoms with Crippen LogP contribution in [0, 0.1) is 5.92 Å². The summed E-state index contributed by atoms with van der Waals surface area (Å²) in [4.78, 5) is 11.3. The summed E-state index contributed by atoms with van der Waals surface area (Å²) in [6.07, 6.45) is 0. The molecule has 0 aliphatic rings. The molecule has 2 atom stereocenters. The summed E-state index contributed by atoms with van der Waals surface area (Å²) >= 11 is 0. The standard InChI is InChI=1S/C7H13Cl3GeO2/c1-4-13-7(12)5(2)6(3)11(8,9)10/h5-6H,4H2,1-3H3. The van der Waals surface area contributed by atoms with Gasteiger partial charge in [0.15, 0.2) is 0 Å². The van der Waals surface area contributed by atoms with Crippen LogP contribution in [-0.2, 0) is 9.53 Å². The van der Waals surface area contributed by atoms with Crippen LogP contribution in [0.3, 0.4) is 0 Å². The van der Waals surface area contributed by atoms with Crippen LogP contribution in [0.1, 0.15) is 20.8 Å². The first-order valence-corrected chi connectivity index (χ1v) is 13.5. The van der Waals surface area contributed by atoms with Gasteiger partial charge in [-0.2, -0.15) is 0 Å². The van der Waals surface area contributed by atoms with Crippen LogP contribution in [0.2, 0.25) is 4.75 Å².